The molecule has 0 aliphatic carbocycles. The number of morpholine rings is 1. The molecule has 19 heavy (non-hydrogen) atoms. The van der Waals surface area contributed by atoms with Crippen molar-refractivity contribution in [2.24, 2.45) is 7.05 Å². The fourth-order valence-electron chi connectivity index (χ4n) is 2.02. The number of hydrogen-bond acceptors (Lipinski definition) is 4. The molecule has 1 saturated heterocycles. The largest absolute Gasteiger partial charge is 0.503 e. The van der Waals surface area contributed by atoms with Crippen LogP contribution in [0.3, 0.4) is 0 Å². The Balaban J connectivity index is 0.00000162. The number of ether oxygens (including phenoxy) is 1. The van der Waals surface area contributed by atoms with Gasteiger partial charge in [0.15, 0.2) is 5.75 Å². The van der Waals surface area contributed by atoms with Crippen molar-refractivity contribution in [3.05, 3.63) is 27.7 Å². The normalized spacial score (nSPS) is 15.5. The van der Waals surface area contributed by atoms with E-state index in [-0.39, 0.29) is 36.0 Å². The quantitative estimate of drug-likeness (QED) is 0.888. The van der Waals surface area contributed by atoms with E-state index in [9.17, 15) is 9.90 Å². The average Bonchev–Trinajstić information content (AvgIpc) is 2.33. The number of hydrogen-bond donors (Lipinski definition) is 1. The lowest BCUT2D eigenvalue weighted by molar-refractivity contribution is 0.0328. The lowest BCUT2D eigenvalue weighted by Crippen LogP contribution is -2.36. The maximum absolute atomic E-state index is 11.5. The monoisotopic (exact) mass is 310 g/mol. The van der Waals surface area contributed by atoms with Crippen LogP contribution in [0.1, 0.15) is 11.4 Å². The first-order valence-electron chi connectivity index (χ1n) is 5.78. The molecule has 1 aromatic heterocycles. The first-order valence-corrected chi connectivity index (χ1v) is 5.78. The molecule has 2 rings (SSSR count). The average molecular weight is 311 g/mol. The second-order valence-corrected chi connectivity index (χ2v) is 4.39. The number of aromatic nitrogens is 1. The van der Waals surface area contributed by atoms with Crippen LogP contribution in [0.4, 0.5) is 0 Å². The summed E-state index contributed by atoms with van der Waals surface area (Å²) in [6, 6.07) is 1.46. The molecule has 0 radical (unpaired) electrons. The van der Waals surface area contributed by atoms with E-state index < -0.39 is 0 Å². The number of aromatic hydroxyl groups is 1. The third-order valence-electron chi connectivity index (χ3n) is 3.26. The SMILES string of the molecule is Cc1cc(=O)c(O)c(CN2CCOCC2)n1C.Cl.Cl. The van der Waals surface area contributed by atoms with E-state index in [1.165, 1.54) is 6.07 Å². The van der Waals surface area contributed by atoms with Gasteiger partial charge in [-0.1, -0.05) is 0 Å². The first kappa shape index (κ1) is 18.2. The van der Waals surface area contributed by atoms with Crippen molar-refractivity contribution in [3.63, 3.8) is 0 Å². The Morgan fingerprint density at radius 3 is 2.47 bits per heavy atom. The van der Waals surface area contributed by atoms with Gasteiger partial charge in [0.25, 0.3) is 0 Å². The smallest absolute Gasteiger partial charge is 0.223 e. The molecule has 1 aromatic rings. The van der Waals surface area contributed by atoms with E-state index in [0.29, 0.717) is 25.5 Å². The molecular weight excluding hydrogens is 291 g/mol. The van der Waals surface area contributed by atoms with Gasteiger partial charge in [-0.15, -0.1) is 24.8 Å². The summed E-state index contributed by atoms with van der Waals surface area (Å²) in [5, 5.41) is 9.84. The third-order valence-corrected chi connectivity index (χ3v) is 3.26. The summed E-state index contributed by atoms with van der Waals surface area (Å²) in [7, 11) is 1.87. The van der Waals surface area contributed by atoms with Crippen molar-refractivity contribution >= 4 is 24.8 Å². The lowest BCUT2D eigenvalue weighted by atomic mass is 10.2. The number of aryl methyl sites for hydroxylation is 1. The molecule has 1 aliphatic rings. The number of pyridine rings is 1. The van der Waals surface area contributed by atoms with Crippen molar-refractivity contribution in [1.29, 1.82) is 0 Å². The molecular formula is C12H20Cl2N2O3. The van der Waals surface area contributed by atoms with Gasteiger partial charge in [-0.3, -0.25) is 9.69 Å². The molecule has 7 heteroatoms. The summed E-state index contributed by atoms with van der Waals surface area (Å²) in [5.74, 6) is -0.135. The summed E-state index contributed by atoms with van der Waals surface area (Å²) < 4.78 is 7.14. The molecule has 0 aromatic carbocycles. The highest BCUT2D eigenvalue weighted by Crippen LogP contribution is 2.15. The van der Waals surface area contributed by atoms with Gasteiger partial charge in [0, 0.05) is 38.4 Å². The Bertz CT molecular complexity index is 471. The fourth-order valence-corrected chi connectivity index (χ4v) is 2.02. The molecule has 0 amide bonds. The van der Waals surface area contributed by atoms with Gasteiger partial charge in [-0.05, 0) is 6.92 Å². The molecule has 2 heterocycles. The Morgan fingerprint density at radius 2 is 1.89 bits per heavy atom. The molecule has 1 fully saturated rings. The zero-order valence-electron chi connectivity index (χ0n) is 11.1. The Kier molecular flexibility index (Phi) is 7.44. The van der Waals surface area contributed by atoms with E-state index >= 15 is 0 Å². The van der Waals surface area contributed by atoms with Gasteiger partial charge in [-0.25, -0.2) is 0 Å². The predicted octanol–water partition coefficient (Wildman–Crippen LogP) is 1.08. The van der Waals surface area contributed by atoms with Crippen LogP contribution < -0.4 is 5.43 Å². The van der Waals surface area contributed by atoms with Crippen molar-refractivity contribution in [2.45, 2.75) is 13.5 Å². The molecule has 0 atom stereocenters. The maximum atomic E-state index is 11.5. The van der Waals surface area contributed by atoms with Crippen LogP contribution in [-0.4, -0.2) is 40.9 Å². The maximum Gasteiger partial charge on any atom is 0.223 e. The van der Waals surface area contributed by atoms with Crippen LogP contribution in [-0.2, 0) is 18.3 Å². The molecule has 110 valence electrons. The van der Waals surface area contributed by atoms with Gasteiger partial charge >= 0.3 is 0 Å². The van der Waals surface area contributed by atoms with E-state index in [1.807, 2.05) is 18.5 Å². The van der Waals surface area contributed by atoms with Gasteiger partial charge in [0.05, 0.1) is 18.9 Å². The predicted molar refractivity (Wildman–Crippen MR) is 78.7 cm³/mol. The molecule has 1 aliphatic heterocycles. The Hall–Kier alpha value is -0.750. The van der Waals surface area contributed by atoms with Crippen molar-refractivity contribution < 1.29 is 9.84 Å². The standard InChI is InChI=1S/C12H18N2O3.2ClH/c1-9-7-11(15)12(16)10(13(9)2)8-14-3-5-17-6-4-14;;/h7,16H,3-6,8H2,1-2H3;2*1H. The molecule has 0 spiro atoms. The molecule has 1 N–H and O–H groups in total. The van der Waals surface area contributed by atoms with E-state index in [1.54, 1.807) is 0 Å². The van der Waals surface area contributed by atoms with Crippen molar-refractivity contribution in [3.8, 4) is 5.75 Å². The Labute approximate surface area is 125 Å². The molecule has 0 unspecified atom stereocenters. The van der Waals surface area contributed by atoms with Crippen molar-refractivity contribution in [2.75, 3.05) is 26.3 Å². The summed E-state index contributed by atoms with van der Waals surface area (Å²) in [5.41, 5.74) is 1.23. The second-order valence-electron chi connectivity index (χ2n) is 4.39. The number of halogens is 2. The fraction of sp³-hybridized carbons (Fsp3) is 0.583. The lowest BCUT2D eigenvalue weighted by Gasteiger charge is -2.27. The van der Waals surface area contributed by atoms with E-state index in [0.717, 1.165) is 18.8 Å². The molecule has 0 saturated carbocycles. The molecule has 5 nitrogen and oxygen atoms in total. The highest BCUT2D eigenvalue weighted by molar-refractivity contribution is 5.85. The number of nitrogens with zero attached hydrogens (tertiary/aromatic N) is 2. The van der Waals surface area contributed by atoms with Crippen LogP contribution in [0, 0.1) is 6.92 Å². The summed E-state index contributed by atoms with van der Waals surface area (Å²) >= 11 is 0. The minimum Gasteiger partial charge on any atom is -0.503 e. The van der Waals surface area contributed by atoms with Crippen LogP contribution in [0.5, 0.6) is 5.75 Å². The highest BCUT2D eigenvalue weighted by atomic mass is 35.5. The van der Waals surface area contributed by atoms with E-state index in [4.69, 9.17) is 4.74 Å². The minimum atomic E-state index is -0.302. The zero-order valence-corrected chi connectivity index (χ0v) is 12.7. The number of rotatable bonds is 2. The highest BCUT2D eigenvalue weighted by Gasteiger charge is 2.16. The molecule has 0 bridgehead atoms. The zero-order chi connectivity index (χ0) is 12.4. The van der Waals surface area contributed by atoms with Crippen LogP contribution in [0.25, 0.3) is 0 Å². The second kappa shape index (κ2) is 7.75. The van der Waals surface area contributed by atoms with Gasteiger partial charge in [0.2, 0.25) is 5.43 Å². The van der Waals surface area contributed by atoms with Crippen LogP contribution in [0.15, 0.2) is 10.9 Å². The summed E-state index contributed by atoms with van der Waals surface area (Å²) in [6.07, 6.45) is 0. The van der Waals surface area contributed by atoms with Crippen LogP contribution >= 0.6 is 24.8 Å². The summed E-state index contributed by atoms with van der Waals surface area (Å²) in [4.78, 5) is 13.7. The van der Waals surface area contributed by atoms with Gasteiger partial charge < -0.3 is 14.4 Å². The van der Waals surface area contributed by atoms with Crippen LogP contribution in [0.2, 0.25) is 0 Å². The first-order chi connectivity index (χ1) is 8.09. The topological polar surface area (TPSA) is 54.7 Å². The Morgan fingerprint density at radius 1 is 1.32 bits per heavy atom. The van der Waals surface area contributed by atoms with Gasteiger partial charge in [-0.2, -0.15) is 0 Å². The van der Waals surface area contributed by atoms with Crippen molar-refractivity contribution in [1.82, 2.24) is 9.47 Å². The third kappa shape index (κ3) is 4.11. The van der Waals surface area contributed by atoms with Gasteiger partial charge in [0.1, 0.15) is 0 Å². The van der Waals surface area contributed by atoms with E-state index in [2.05, 4.69) is 4.90 Å². The summed E-state index contributed by atoms with van der Waals surface area (Å²) in [6.45, 7) is 5.54. The minimum absolute atomic E-state index is 0.